The largest absolute Gasteiger partial charge is 0.380 e. The molecule has 0 saturated carbocycles. The summed E-state index contributed by atoms with van der Waals surface area (Å²) < 4.78 is 5.47. The SMILES string of the molecule is COC1CCCN(C(CN)c2ccc(Cl)c(Cl)c2)C1. The van der Waals surface area contributed by atoms with E-state index in [4.69, 9.17) is 33.7 Å². The summed E-state index contributed by atoms with van der Waals surface area (Å²) in [7, 11) is 1.77. The Morgan fingerprint density at radius 2 is 2.21 bits per heavy atom. The molecule has 0 bridgehead atoms. The smallest absolute Gasteiger partial charge is 0.0698 e. The van der Waals surface area contributed by atoms with Gasteiger partial charge in [0.1, 0.15) is 0 Å². The first-order valence-electron chi connectivity index (χ1n) is 6.57. The van der Waals surface area contributed by atoms with Crippen LogP contribution in [-0.2, 0) is 4.74 Å². The van der Waals surface area contributed by atoms with E-state index in [-0.39, 0.29) is 6.04 Å². The number of methoxy groups -OCH3 is 1. The highest BCUT2D eigenvalue weighted by Crippen LogP contribution is 2.29. The highest BCUT2D eigenvalue weighted by atomic mass is 35.5. The molecule has 1 aromatic carbocycles. The average Bonchev–Trinajstić information content (AvgIpc) is 2.44. The Morgan fingerprint density at radius 1 is 1.42 bits per heavy atom. The summed E-state index contributed by atoms with van der Waals surface area (Å²) in [4.78, 5) is 2.37. The van der Waals surface area contributed by atoms with Gasteiger partial charge in [0.25, 0.3) is 0 Å². The van der Waals surface area contributed by atoms with Gasteiger partial charge in [-0.25, -0.2) is 0 Å². The van der Waals surface area contributed by atoms with E-state index in [9.17, 15) is 0 Å². The zero-order valence-corrected chi connectivity index (χ0v) is 12.6. The molecule has 2 unspecified atom stereocenters. The van der Waals surface area contributed by atoms with Crippen LogP contribution in [0.15, 0.2) is 18.2 Å². The quantitative estimate of drug-likeness (QED) is 0.929. The number of nitrogens with zero attached hydrogens (tertiary/aromatic N) is 1. The van der Waals surface area contributed by atoms with Gasteiger partial charge in [0.2, 0.25) is 0 Å². The van der Waals surface area contributed by atoms with Gasteiger partial charge in [-0.15, -0.1) is 0 Å². The van der Waals surface area contributed by atoms with Gasteiger partial charge in [-0.2, -0.15) is 0 Å². The van der Waals surface area contributed by atoms with Crippen molar-refractivity contribution in [1.82, 2.24) is 4.90 Å². The minimum Gasteiger partial charge on any atom is -0.380 e. The molecule has 1 heterocycles. The molecule has 1 fully saturated rings. The Balaban J connectivity index is 2.16. The summed E-state index contributed by atoms with van der Waals surface area (Å²) in [5.74, 6) is 0. The van der Waals surface area contributed by atoms with Gasteiger partial charge in [-0.1, -0.05) is 29.3 Å². The highest BCUT2D eigenvalue weighted by molar-refractivity contribution is 6.42. The third-order valence-electron chi connectivity index (χ3n) is 3.74. The molecule has 0 amide bonds. The molecule has 2 N–H and O–H groups in total. The van der Waals surface area contributed by atoms with Crippen LogP contribution in [0.4, 0.5) is 0 Å². The summed E-state index contributed by atoms with van der Waals surface area (Å²) in [5, 5.41) is 1.16. The number of benzene rings is 1. The number of hydrogen-bond acceptors (Lipinski definition) is 3. The van der Waals surface area contributed by atoms with Crippen molar-refractivity contribution in [2.75, 3.05) is 26.7 Å². The van der Waals surface area contributed by atoms with Gasteiger partial charge in [0, 0.05) is 26.2 Å². The summed E-state index contributed by atoms with van der Waals surface area (Å²) in [6, 6.07) is 5.92. The van der Waals surface area contributed by atoms with Gasteiger partial charge in [0.05, 0.1) is 16.1 Å². The molecule has 1 aliphatic heterocycles. The lowest BCUT2D eigenvalue weighted by molar-refractivity contribution is 0.0155. The second-order valence-electron chi connectivity index (χ2n) is 4.92. The van der Waals surface area contributed by atoms with Crippen LogP contribution in [0.3, 0.4) is 0 Å². The molecular weight excluding hydrogens is 283 g/mol. The molecule has 0 aromatic heterocycles. The molecule has 2 atom stereocenters. The van der Waals surface area contributed by atoms with Crippen molar-refractivity contribution < 1.29 is 4.74 Å². The van der Waals surface area contributed by atoms with Gasteiger partial charge < -0.3 is 10.5 Å². The lowest BCUT2D eigenvalue weighted by atomic mass is 10.0. The number of hydrogen-bond donors (Lipinski definition) is 1. The zero-order valence-electron chi connectivity index (χ0n) is 11.1. The number of ether oxygens (including phenoxy) is 1. The van der Waals surface area contributed by atoms with Crippen LogP contribution in [-0.4, -0.2) is 37.7 Å². The maximum Gasteiger partial charge on any atom is 0.0698 e. The first-order valence-corrected chi connectivity index (χ1v) is 7.33. The Labute approximate surface area is 124 Å². The Hall–Kier alpha value is -0.320. The van der Waals surface area contributed by atoms with E-state index in [0.717, 1.165) is 31.5 Å². The lowest BCUT2D eigenvalue weighted by Crippen LogP contribution is -2.43. The predicted molar refractivity (Wildman–Crippen MR) is 79.9 cm³/mol. The Morgan fingerprint density at radius 3 is 2.84 bits per heavy atom. The minimum absolute atomic E-state index is 0.174. The van der Waals surface area contributed by atoms with Gasteiger partial charge in [0.15, 0.2) is 0 Å². The molecule has 5 heteroatoms. The number of halogens is 2. The van der Waals surface area contributed by atoms with Crippen molar-refractivity contribution in [3.05, 3.63) is 33.8 Å². The molecule has 106 valence electrons. The van der Waals surface area contributed by atoms with Crippen molar-refractivity contribution in [3.8, 4) is 0 Å². The van der Waals surface area contributed by atoms with Crippen molar-refractivity contribution in [1.29, 1.82) is 0 Å². The van der Waals surface area contributed by atoms with Gasteiger partial charge in [-0.3, -0.25) is 4.90 Å². The molecule has 0 radical (unpaired) electrons. The first kappa shape index (κ1) is 15.1. The fourth-order valence-electron chi connectivity index (χ4n) is 2.66. The van der Waals surface area contributed by atoms with E-state index in [2.05, 4.69) is 4.90 Å². The van der Waals surface area contributed by atoms with Crippen LogP contribution in [0, 0.1) is 0 Å². The molecule has 0 spiro atoms. The number of rotatable bonds is 4. The first-order chi connectivity index (χ1) is 9.15. The van der Waals surface area contributed by atoms with Crippen LogP contribution in [0.5, 0.6) is 0 Å². The minimum atomic E-state index is 0.174. The molecule has 3 nitrogen and oxygen atoms in total. The van der Waals surface area contributed by atoms with Crippen molar-refractivity contribution in [3.63, 3.8) is 0 Å². The van der Waals surface area contributed by atoms with E-state index in [0.29, 0.717) is 22.7 Å². The molecule has 1 aromatic rings. The van der Waals surface area contributed by atoms with E-state index in [1.807, 2.05) is 18.2 Å². The van der Waals surface area contributed by atoms with E-state index in [1.165, 1.54) is 0 Å². The van der Waals surface area contributed by atoms with Crippen molar-refractivity contribution >= 4 is 23.2 Å². The van der Waals surface area contributed by atoms with Crippen LogP contribution < -0.4 is 5.73 Å². The monoisotopic (exact) mass is 302 g/mol. The Kier molecular flexibility index (Phi) is 5.48. The lowest BCUT2D eigenvalue weighted by Gasteiger charge is -2.37. The number of nitrogens with two attached hydrogens (primary N) is 1. The fourth-order valence-corrected chi connectivity index (χ4v) is 2.96. The van der Waals surface area contributed by atoms with Crippen molar-refractivity contribution in [2.24, 2.45) is 5.73 Å². The van der Waals surface area contributed by atoms with Crippen molar-refractivity contribution in [2.45, 2.75) is 25.0 Å². The molecule has 0 aliphatic carbocycles. The van der Waals surface area contributed by atoms with E-state index < -0.39 is 0 Å². The zero-order chi connectivity index (χ0) is 13.8. The highest BCUT2D eigenvalue weighted by Gasteiger charge is 2.26. The van der Waals surface area contributed by atoms with Crippen LogP contribution in [0.2, 0.25) is 10.0 Å². The maximum absolute atomic E-state index is 6.09. The van der Waals surface area contributed by atoms with Gasteiger partial charge >= 0.3 is 0 Å². The summed E-state index contributed by atoms with van der Waals surface area (Å²) >= 11 is 12.1. The maximum atomic E-state index is 6.09. The second-order valence-corrected chi connectivity index (χ2v) is 5.73. The normalized spacial score (nSPS) is 22.4. The second kappa shape index (κ2) is 6.91. The number of piperidine rings is 1. The summed E-state index contributed by atoms with van der Waals surface area (Å²) in [6.45, 7) is 2.52. The summed E-state index contributed by atoms with van der Waals surface area (Å²) in [6.07, 6.45) is 2.55. The Bertz CT molecular complexity index is 428. The standard InChI is InChI=1S/C14H20Cl2N2O/c1-19-11-3-2-6-18(9-11)14(8-17)10-4-5-12(15)13(16)7-10/h4-5,7,11,14H,2-3,6,8-9,17H2,1H3. The predicted octanol–water partition coefficient (Wildman–Crippen LogP) is 3.10. The van der Waals surface area contributed by atoms with Crippen LogP contribution in [0.1, 0.15) is 24.4 Å². The third-order valence-corrected chi connectivity index (χ3v) is 4.47. The summed E-state index contributed by atoms with van der Waals surface area (Å²) in [5.41, 5.74) is 7.07. The van der Waals surface area contributed by atoms with E-state index in [1.54, 1.807) is 7.11 Å². The molecular formula is C14H20Cl2N2O. The molecule has 1 aliphatic rings. The topological polar surface area (TPSA) is 38.5 Å². The molecule has 1 saturated heterocycles. The molecule has 19 heavy (non-hydrogen) atoms. The fraction of sp³-hybridized carbons (Fsp3) is 0.571. The van der Waals surface area contributed by atoms with Crippen LogP contribution in [0.25, 0.3) is 0 Å². The van der Waals surface area contributed by atoms with E-state index >= 15 is 0 Å². The number of likely N-dealkylation sites (tertiary alicyclic amines) is 1. The van der Waals surface area contributed by atoms with Gasteiger partial charge in [-0.05, 0) is 37.1 Å². The van der Waals surface area contributed by atoms with Crippen LogP contribution >= 0.6 is 23.2 Å². The molecule has 2 rings (SSSR count). The average molecular weight is 303 g/mol. The third kappa shape index (κ3) is 3.61.